The number of amides is 1. The van der Waals surface area contributed by atoms with Crippen LogP contribution < -0.4 is 9.88 Å². The second-order valence-electron chi connectivity index (χ2n) is 4.63. The first-order chi connectivity index (χ1) is 10.2. The van der Waals surface area contributed by atoms with E-state index in [0.717, 1.165) is 22.3 Å². The van der Waals surface area contributed by atoms with Crippen molar-refractivity contribution in [2.45, 2.75) is 24.8 Å². The molecule has 0 fully saturated rings. The summed E-state index contributed by atoms with van der Waals surface area (Å²) in [6.45, 7) is 2.68. The van der Waals surface area contributed by atoms with E-state index < -0.39 is 0 Å². The fourth-order valence-electron chi connectivity index (χ4n) is 1.79. The van der Waals surface area contributed by atoms with Crippen molar-refractivity contribution in [2.24, 2.45) is 0 Å². The highest BCUT2D eigenvalue weighted by Gasteiger charge is 2.07. The average molecular weight is 298 g/mol. The number of anilines is 1. The van der Waals surface area contributed by atoms with Gasteiger partial charge in [0.05, 0.1) is 6.42 Å². The number of nitrogens with zero attached hydrogens (tertiary/aromatic N) is 2. The minimum absolute atomic E-state index is 0.0243. The summed E-state index contributed by atoms with van der Waals surface area (Å²) in [6, 6.07) is 11.3. The molecule has 0 bridgehead atoms. The molecule has 21 heavy (non-hydrogen) atoms. The Morgan fingerprint density at radius 2 is 1.90 bits per heavy atom. The van der Waals surface area contributed by atoms with Crippen LogP contribution in [0.25, 0.3) is 0 Å². The van der Waals surface area contributed by atoms with Crippen LogP contribution in [0.1, 0.15) is 12.0 Å². The molecule has 0 aliphatic rings. The molecule has 1 amide bonds. The SMILES string of the molecule is Cc1cc[n+](CCC(=O)Nc2ccc(SC#N)cc2)cc1. The molecule has 1 aromatic heterocycles. The maximum Gasteiger partial charge on any atom is 0.230 e. The first kappa shape index (κ1) is 15.1. The van der Waals surface area contributed by atoms with Gasteiger partial charge in [0, 0.05) is 22.7 Å². The summed E-state index contributed by atoms with van der Waals surface area (Å²) in [7, 11) is 0. The number of carbonyl (C=O) groups is 1. The van der Waals surface area contributed by atoms with Crippen LogP contribution in [0.15, 0.2) is 53.7 Å². The van der Waals surface area contributed by atoms with Crippen molar-refractivity contribution < 1.29 is 9.36 Å². The van der Waals surface area contributed by atoms with Gasteiger partial charge in [-0.05, 0) is 48.5 Å². The largest absolute Gasteiger partial charge is 0.326 e. The minimum Gasteiger partial charge on any atom is -0.326 e. The quantitative estimate of drug-likeness (QED) is 0.524. The lowest BCUT2D eigenvalue weighted by Crippen LogP contribution is -2.34. The summed E-state index contributed by atoms with van der Waals surface area (Å²) in [5.74, 6) is -0.0243. The molecule has 0 atom stereocenters. The van der Waals surface area contributed by atoms with E-state index in [9.17, 15) is 4.79 Å². The van der Waals surface area contributed by atoms with Gasteiger partial charge in [0.2, 0.25) is 5.91 Å². The molecular formula is C16H16N3OS+. The highest BCUT2D eigenvalue weighted by Crippen LogP contribution is 2.18. The van der Waals surface area contributed by atoms with E-state index in [0.29, 0.717) is 13.0 Å². The van der Waals surface area contributed by atoms with Gasteiger partial charge in [0.1, 0.15) is 5.40 Å². The van der Waals surface area contributed by atoms with Crippen molar-refractivity contribution in [1.82, 2.24) is 0 Å². The third-order valence-corrected chi connectivity index (χ3v) is 3.56. The zero-order valence-corrected chi connectivity index (χ0v) is 12.6. The minimum atomic E-state index is -0.0243. The van der Waals surface area contributed by atoms with E-state index in [1.807, 2.05) is 53.6 Å². The van der Waals surface area contributed by atoms with Gasteiger partial charge in [-0.3, -0.25) is 4.79 Å². The zero-order valence-electron chi connectivity index (χ0n) is 11.7. The monoisotopic (exact) mass is 298 g/mol. The molecule has 5 heteroatoms. The number of hydrogen-bond donors (Lipinski definition) is 1. The molecule has 0 aliphatic carbocycles. The smallest absolute Gasteiger partial charge is 0.230 e. The third kappa shape index (κ3) is 4.93. The summed E-state index contributed by atoms with van der Waals surface area (Å²) in [4.78, 5) is 12.7. The van der Waals surface area contributed by atoms with Gasteiger partial charge in [-0.25, -0.2) is 4.57 Å². The van der Waals surface area contributed by atoms with Gasteiger partial charge < -0.3 is 5.32 Å². The summed E-state index contributed by atoms with van der Waals surface area (Å²) in [6.07, 6.45) is 4.36. The molecule has 0 aliphatic heterocycles. The Balaban J connectivity index is 1.84. The van der Waals surface area contributed by atoms with Crippen LogP contribution in [0.5, 0.6) is 0 Å². The van der Waals surface area contributed by atoms with E-state index in [1.54, 1.807) is 12.1 Å². The first-order valence-corrected chi connectivity index (χ1v) is 7.40. The van der Waals surface area contributed by atoms with E-state index in [2.05, 4.69) is 5.32 Å². The molecule has 0 spiro atoms. The van der Waals surface area contributed by atoms with Gasteiger partial charge in [-0.1, -0.05) is 0 Å². The average Bonchev–Trinajstić information content (AvgIpc) is 2.49. The Labute approximate surface area is 128 Å². The Morgan fingerprint density at radius 3 is 2.52 bits per heavy atom. The number of nitrogens with one attached hydrogen (secondary N) is 1. The number of rotatable bonds is 5. The summed E-state index contributed by atoms with van der Waals surface area (Å²) < 4.78 is 1.99. The second kappa shape index (κ2) is 7.46. The molecule has 0 saturated carbocycles. The Morgan fingerprint density at radius 1 is 1.24 bits per heavy atom. The Hall–Kier alpha value is -2.32. The second-order valence-corrected chi connectivity index (χ2v) is 5.49. The van der Waals surface area contributed by atoms with Gasteiger partial charge in [0.25, 0.3) is 0 Å². The number of pyridine rings is 1. The van der Waals surface area contributed by atoms with Gasteiger partial charge in [-0.15, -0.1) is 0 Å². The topological polar surface area (TPSA) is 56.8 Å². The molecule has 106 valence electrons. The van der Waals surface area contributed by atoms with Gasteiger partial charge in [0.15, 0.2) is 18.9 Å². The van der Waals surface area contributed by atoms with Crippen LogP contribution in [0, 0.1) is 17.6 Å². The lowest BCUT2D eigenvalue weighted by molar-refractivity contribution is -0.695. The van der Waals surface area contributed by atoms with Crippen LogP contribution in [-0.4, -0.2) is 5.91 Å². The van der Waals surface area contributed by atoms with Crippen molar-refractivity contribution >= 4 is 23.4 Å². The van der Waals surface area contributed by atoms with E-state index in [-0.39, 0.29) is 5.91 Å². The molecule has 2 aromatic rings. The zero-order chi connectivity index (χ0) is 15.1. The highest BCUT2D eigenvalue weighted by molar-refractivity contribution is 8.03. The fraction of sp³-hybridized carbons (Fsp3) is 0.188. The van der Waals surface area contributed by atoms with E-state index >= 15 is 0 Å². The van der Waals surface area contributed by atoms with Crippen LogP contribution in [-0.2, 0) is 11.3 Å². The predicted molar refractivity (Wildman–Crippen MR) is 82.5 cm³/mol. The highest BCUT2D eigenvalue weighted by atomic mass is 32.2. The molecule has 2 rings (SSSR count). The van der Waals surface area contributed by atoms with Gasteiger partial charge >= 0.3 is 0 Å². The molecule has 4 nitrogen and oxygen atoms in total. The molecule has 1 aromatic carbocycles. The molecule has 1 heterocycles. The molecule has 0 saturated heterocycles. The van der Waals surface area contributed by atoms with Gasteiger partial charge in [-0.2, -0.15) is 5.26 Å². The number of thioether (sulfide) groups is 1. The van der Waals surface area contributed by atoms with Crippen molar-refractivity contribution in [1.29, 1.82) is 5.26 Å². The molecule has 1 N–H and O–H groups in total. The number of benzene rings is 1. The number of thiocyanates is 1. The number of nitriles is 1. The van der Waals surface area contributed by atoms with Crippen molar-refractivity contribution in [2.75, 3.05) is 5.32 Å². The van der Waals surface area contributed by atoms with Crippen LogP contribution in [0.4, 0.5) is 5.69 Å². The summed E-state index contributed by atoms with van der Waals surface area (Å²) in [5, 5.41) is 13.4. The third-order valence-electron chi connectivity index (χ3n) is 2.96. The predicted octanol–water partition coefficient (Wildman–Crippen LogP) is 2.88. The molecular weight excluding hydrogens is 282 g/mol. The molecule has 0 radical (unpaired) electrons. The van der Waals surface area contributed by atoms with Crippen molar-refractivity contribution in [3.63, 3.8) is 0 Å². The standard InChI is InChI=1S/C16H15N3OS/c1-13-6-9-19(10-7-13)11-8-16(20)18-14-2-4-15(5-3-14)21-12-17/h2-7,9-10H,8,11H2,1H3/p+1. The van der Waals surface area contributed by atoms with Crippen LogP contribution in [0.3, 0.4) is 0 Å². The summed E-state index contributed by atoms with van der Waals surface area (Å²) in [5.41, 5.74) is 1.95. The number of hydrogen-bond acceptors (Lipinski definition) is 3. The summed E-state index contributed by atoms with van der Waals surface area (Å²) >= 11 is 1.10. The van der Waals surface area contributed by atoms with Crippen molar-refractivity contribution in [3.8, 4) is 5.40 Å². The van der Waals surface area contributed by atoms with Crippen molar-refractivity contribution in [3.05, 3.63) is 54.4 Å². The fourth-order valence-corrected chi connectivity index (χ4v) is 2.17. The van der Waals surface area contributed by atoms with E-state index in [1.165, 1.54) is 5.56 Å². The number of carbonyl (C=O) groups excluding carboxylic acids is 1. The Bertz CT molecular complexity index is 645. The van der Waals surface area contributed by atoms with Crippen LogP contribution in [0.2, 0.25) is 0 Å². The maximum atomic E-state index is 11.9. The Kier molecular flexibility index (Phi) is 5.35. The first-order valence-electron chi connectivity index (χ1n) is 6.59. The van der Waals surface area contributed by atoms with Crippen LogP contribution >= 0.6 is 11.8 Å². The lowest BCUT2D eigenvalue weighted by Gasteiger charge is -2.04. The lowest BCUT2D eigenvalue weighted by atomic mass is 10.3. The normalized spacial score (nSPS) is 9.90. The molecule has 0 unspecified atom stereocenters. The maximum absolute atomic E-state index is 11.9. The number of aryl methyl sites for hydroxylation is 2. The van der Waals surface area contributed by atoms with E-state index in [4.69, 9.17) is 5.26 Å². The number of aromatic nitrogens is 1.